The average molecular weight is 639 g/mol. The molecule has 3 aromatic rings. The molecule has 5 rings (SSSR count). The van der Waals surface area contributed by atoms with E-state index < -0.39 is 48.1 Å². The largest absolute Gasteiger partial charge is 0.477 e. The van der Waals surface area contributed by atoms with Crippen molar-refractivity contribution in [2.45, 2.75) is 76.5 Å². The molecule has 2 heterocycles. The third-order valence-electron chi connectivity index (χ3n) is 8.92. The summed E-state index contributed by atoms with van der Waals surface area (Å²) >= 11 is 0. The first-order valence-corrected chi connectivity index (χ1v) is 15.6. The number of aromatic amines is 1. The van der Waals surface area contributed by atoms with Crippen LogP contribution in [0.2, 0.25) is 0 Å². The van der Waals surface area contributed by atoms with E-state index in [0.717, 1.165) is 5.56 Å². The Morgan fingerprint density at radius 3 is 2.35 bits per heavy atom. The van der Waals surface area contributed by atoms with Crippen LogP contribution in [-0.4, -0.2) is 69.8 Å². The maximum atomic E-state index is 14.0. The zero-order chi connectivity index (χ0) is 33.2. The minimum Gasteiger partial charge on any atom is -0.477 e. The number of alkyl halides is 1. The maximum absolute atomic E-state index is 14.0. The van der Waals surface area contributed by atoms with Gasteiger partial charge in [0.15, 0.2) is 0 Å². The van der Waals surface area contributed by atoms with Crippen molar-refractivity contribution in [2.75, 3.05) is 18.5 Å². The number of aromatic carboxylic acids is 1. The van der Waals surface area contributed by atoms with Gasteiger partial charge < -0.3 is 30.4 Å². The summed E-state index contributed by atoms with van der Waals surface area (Å²) in [5.41, 5.74) is 1.10. The number of carbonyl (C=O) groups is 4. The summed E-state index contributed by atoms with van der Waals surface area (Å²) in [4.78, 5) is 56.0. The Balaban J connectivity index is 1.30. The quantitative estimate of drug-likeness (QED) is 0.239. The van der Waals surface area contributed by atoms with Crippen molar-refractivity contribution >= 4 is 40.5 Å². The molecule has 3 atom stereocenters. The van der Waals surface area contributed by atoms with Crippen LogP contribution in [-0.2, 0) is 14.3 Å². The molecule has 1 aliphatic heterocycles. The van der Waals surface area contributed by atoms with Crippen LogP contribution in [0.15, 0.2) is 48.5 Å². The summed E-state index contributed by atoms with van der Waals surface area (Å²) in [6, 6.07) is 10.8. The predicted molar refractivity (Wildman–Crippen MR) is 168 cm³/mol. The Kier molecular flexibility index (Phi) is 9.64. The monoisotopic (exact) mass is 638 g/mol. The zero-order valence-corrected chi connectivity index (χ0v) is 26.1. The molecule has 3 amide bonds. The van der Waals surface area contributed by atoms with Crippen molar-refractivity contribution in [3.8, 4) is 0 Å². The van der Waals surface area contributed by atoms with Gasteiger partial charge in [0.2, 0.25) is 11.8 Å². The number of H-pyrrole nitrogens is 1. The molecule has 0 radical (unpaired) electrons. The summed E-state index contributed by atoms with van der Waals surface area (Å²) in [6.07, 6.45) is 1.86. The SMILES string of the molecule is CC(C)(C)OC(=O)NC(CF)[C@H]1CC[C@H](C(=O)N2CC[C@@H](c3ccc(F)cc3)[C@H]2C(=O)Nc2ccc3[nH]c(C(=O)O)cc3c2)CC1. The molecule has 1 saturated carbocycles. The first-order valence-electron chi connectivity index (χ1n) is 15.6. The van der Waals surface area contributed by atoms with Gasteiger partial charge >= 0.3 is 12.1 Å². The van der Waals surface area contributed by atoms with Crippen LogP contribution in [0.3, 0.4) is 0 Å². The Bertz CT molecular complexity index is 1590. The number of nitrogens with zero attached hydrogens (tertiary/aromatic N) is 1. The highest BCUT2D eigenvalue weighted by Gasteiger charge is 2.45. The molecule has 1 unspecified atom stereocenters. The molecular weight excluding hydrogens is 598 g/mol. The van der Waals surface area contributed by atoms with Crippen molar-refractivity contribution in [1.82, 2.24) is 15.2 Å². The summed E-state index contributed by atoms with van der Waals surface area (Å²) < 4.78 is 33.0. The standard InChI is InChI=1S/C34H40F2N4O6/c1-34(2,3)46-33(45)39-28(18-35)20-4-6-21(7-5-20)31(42)40-15-14-25(19-8-10-23(36)11-9-19)29(40)30(41)37-24-12-13-26-22(16-24)17-27(38-26)32(43)44/h8-13,16-17,20-21,25,28-29,38H,4-7,14-15,18H2,1-3H3,(H,37,41)(H,39,45)(H,43,44)/t20-,21-,25-,28?,29-/m0/s1. The van der Waals surface area contributed by atoms with E-state index in [4.69, 9.17) is 4.74 Å². The topological polar surface area (TPSA) is 141 Å². The van der Waals surface area contributed by atoms with Gasteiger partial charge in [0.25, 0.3) is 0 Å². The number of alkyl carbamates (subject to hydrolysis) is 1. The lowest BCUT2D eigenvalue weighted by molar-refractivity contribution is -0.141. The van der Waals surface area contributed by atoms with Gasteiger partial charge in [-0.25, -0.2) is 18.4 Å². The second-order valence-electron chi connectivity index (χ2n) is 13.2. The number of halogens is 2. The maximum Gasteiger partial charge on any atom is 0.407 e. The zero-order valence-electron chi connectivity index (χ0n) is 26.1. The number of nitrogens with one attached hydrogen (secondary N) is 3. The number of ether oxygens (including phenoxy) is 1. The van der Waals surface area contributed by atoms with Crippen LogP contribution in [0, 0.1) is 17.7 Å². The lowest BCUT2D eigenvalue weighted by Crippen LogP contribution is -2.49. The van der Waals surface area contributed by atoms with Crippen molar-refractivity contribution in [1.29, 1.82) is 0 Å². The molecule has 2 aromatic carbocycles. The van der Waals surface area contributed by atoms with E-state index in [-0.39, 0.29) is 29.4 Å². The molecule has 10 nitrogen and oxygen atoms in total. The second kappa shape index (κ2) is 13.5. The molecule has 1 aliphatic carbocycles. The number of hydrogen-bond acceptors (Lipinski definition) is 5. The minimum absolute atomic E-state index is 0.0237. The fraction of sp³-hybridized carbons (Fsp3) is 0.471. The van der Waals surface area contributed by atoms with E-state index >= 15 is 0 Å². The van der Waals surface area contributed by atoms with Crippen LogP contribution in [0.1, 0.15) is 74.8 Å². The van der Waals surface area contributed by atoms with Crippen molar-refractivity contribution in [3.63, 3.8) is 0 Å². The van der Waals surface area contributed by atoms with Crippen LogP contribution < -0.4 is 10.6 Å². The normalized spacial score (nSPS) is 22.3. The Labute approximate surface area is 265 Å². The van der Waals surface area contributed by atoms with Crippen LogP contribution in [0.5, 0.6) is 0 Å². The van der Waals surface area contributed by atoms with E-state index in [0.29, 0.717) is 55.2 Å². The summed E-state index contributed by atoms with van der Waals surface area (Å²) in [5.74, 6) is -2.96. The molecule has 1 saturated heterocycles. The van der Waals surface area contributed by atoms with E-state index in [1.165, 1.54) is 18.2 Å². The fourth-order valence-corrected chi connectivity index (χ4v) is 6.71. The number of amides is 3. The molecule has 46 heavy (non-hydrogen) atoms. The first-order chi connectivity index (χ1) is 21.8. The molecular formula is C34H40F2N4O6. The van der Waals surface area contributed by atoms with Gasteiger partial charge in [-0.3, -0.25) is 9.59 Å². The van der Waals surface area contributed by atoms with Crippen LogP contribution in [0.25, 0.3) is 10.9 Å². The third-order valence-corrected chi connectivity index (χ3v) is 8.92. The number of rotatable bonds is 8. The van der Waals surface area contributed by atoms with Crippen molar-refractivity contribution in [2.24, 2.45) is 11.8 Å². The van der Waals surface area contributed by atoms with Gasteiger partial charge in [-0.2, -0.15) is 0 Å². The summed E-state index contributed by atoms with van der Waals surface area (Å²) in [5, 5.41) is 15.5. The number of hydrogen-bond donors (Lipinski definition) is 4. The second-order valence-corrected chi connectivity index (χ2v) is 13.2. The number of anilines is 1. The number of benzene rings is 2. The van der Waals surface area contributed by atoms with E-state index in [1.807, 2.05) is 0 Å². The molecule has 0 spiro atoms. The van der Waals surface area contributed by atoms with Crippen LogP contribution in [0.4, 0.5) is 19.3 Å². The Morgan fingerprint density at radius 1 is 1.02 bits per heavy atom. The van der Waals surface area contributed by atoms with E-state index in [1.54, 1.807) is 56.0 Å². The molecule has 246 valence electrons. The predicted octanol–water partition coefficient (Wildman–Crippen LogP) is 6.00. The number of carboxylic acids is 1. The van der Waals surface area contributed by atoms with E-state index in [2.05, 4.69) is 15.6 Å². The number of carboxylic acid groups (broad SMARTS) is 1. The lowest BCUT2D eigenvalue weighted by Gasteiger charge is -2.36. The van der Waals surface area contributed by atoms with Crippen molar-refractivity contribution < 1.29 is 37.8 Å². The third kappa shape index (κ3) is 7.48. The number of carbonyl (C=O) groups excluding carboxylic acids is 3. The molecule has 4 N–H and O–H groups in total. The van der Waals surface area contributed by atoms with Gasteiger partial charge in [-0.1, -0.05) is 12.1 Å². The number of fused-ring (bicyclic) bond motifs is 1. The molecule has 1 aromatic heterocycles. The van der Waals surface area contributed by atoms with E-state index in [9.17, 15) is 33.1 Å². The van der Waals surface area contributed by atoms with Gasteiger partial charge in [0.1, 0.15) is 29.8 Å². The minimum atomic E-state index is -1.10. The summed E-state index contributed by atoms with van der Waals surface area (Å²) in [7, 11) is 0. The van der Waals surface area contributed by atoms with Gasteiger partial charge in [-0.05, 0) is 101 Å². The highest BCUT2D eigenvalue weighted by Crippen LogP contribution is 2.39. The van der Waals surface area contributed by atoms with Gasteiger partial charge in [-0.15, -0.1) is 0 Å². The molecule has 2 fully saturated rings. The smallest absolute Gasteiger partial charge is 0.407 e. The van der Waals surface area contributed by atoms with Crippen molar-refractivity contribution in [3.05, 3.63) is 65.6 Å². The van der Waals surface area contributed by atoms with Crippen LogP contribution >= 0.6 is 0 Å². The van der Waals surface area contributed by atoms with Gasteiger partial charge in [0.05, 0.1) is 6.04 Å². The molecule has 12 heteroatoms. The lowest BCUT2D eigenvalue weighted by atomic mass is 9.78. The van der Waals surface area contributed by atoms with Gasteiger partial charge in [0, 0.05) is 35.0 Å². The Morgan fingerprint density at radius 2 is 1.72 bits per heavy atom. The highest BCUT2D eigenvalue weighted by atomic mass is 19.1. The number of aromatic nitrogens is 1. The molecule has 2 aliphatic rings. The fourth-order valence-electron chi connectivity index (χ4n) is 6.71. The number of likely N-dealkylation sites (tertiary alicyclic amines) is 1. The molecule has 0 bridgehead atoms. The highest BCUT2D eigenvalue weighted by molar-refractivity contribution is 6.01. The Hall–Kier alpha value is -4.48. The average Bonchev–Trinajstić information content (AvgIpc) is 3.64. The first kappa shape index (κ1) is 32.9. The summed E-state index contributed by atoms with van der Waals surface area (Å²) in [6.45, 7) is 4.79.